The predicted octanol–water partition coefficient (Wildman–Crippen LogP) is 3.41. The molecule has 1 heterocycles. The lowest BCUT2D eigenvalue weighted by atomic mass is 10.1. The van der Waals surface area contributed by atoms with Crippen molar-refractivity contribution in [3.63, 3.8) is 0 Å². The van der Waals surface area contributed by atoms with Crippen molar-refractivity contribution in [1.29, 1.82) is 0 Å². The van der Waals surface area contributed by atoms with Crippen LogP contribution < -0.4 is 20.1 Å². The molecule has 0 unspecified atom stereocenters. The molecule has 26 heavy (non-hydrogen) atoms. The van der Waals surface area contributed by atoms with Crippen LogP contribution in [0.2, 0.25) is 0 Å². The minimum absolute atomic E-state index is 0.124. The van der Waals surface area contributed by atoms with E-state index in [4.69, 9.17) is 13.9 Å². The van der Waals surface area contributed by atoms with Gasteiger partial charge in [0.2, 0.25) is 5.91 Å². The zero-order valence-corrected chi connectivity index (χ0v) is 14.5. The van der Waals surface area contributed by atoms with Gasteiger partial charge in [0.25, 0.3) is 0 Å². The van der Waals surface area contributed by atoms with Crippen LogP contribution in [0.15, 0.2) is 59.5 Å². The van der Waals surface area contributed by atoms with Crippen LogP contribution >= 0.6 is 0 Å². The van der Waals surface area contributed by atoms with E-state index >= 15 is 0 Å². The summed E-state index contributed by atoms with van der Waals surface area (Å²) in [5.74, 6) is 1.73. The van der Waals surface area contributed by atoms with Gasteiger partial charge in [0.15, 0.2) is 12.2 Å². The molecule has 0 saturated carbocycles. The molecule has 2 aromatic carbocycles. The van der Waals surface area contributed by atoms with E-state index in [2.05, 4.69) is 15.6 Å². The Morgan fingerprint density at radius 2 is 2.00 bits per heavy atom. The molecule has 3 rings (SSSR count). The molecule has 0 aliphatic rings. The Hall–Kier alpha value is -3.48. The fraction of sp³-hybridized carbons (Fsp3) is 0.158. The minimum Gasteiger partial charge on any atom is -0.497 e. The molecule has 1 amide bonds. The monoisotopic (exact) mass is 353 g/mol. The zero-order chi connectivity index (χ0) is 18.4. The fourth-order valence-corrected chi connectivity index (χ4v) is 2.44. The minimum atomic E-state index is -0.178. The third kappa shape index (κ3) is 4.13. The summed E-state index contributed by atoms with van der Waals surface area (Å²) in [6.45, 7) is 0.124. The maximum Gasteiger partial charge on any atom is 0.243 e. The normalized spacial score (nSPS) is 10.2. The molecule has 134 valence electrons. The first-order chi connectivity index (χ1) is 12.7. The molecule has 0 atom stereocenters. The number of anilines is 2. The molecule has 0 radical (unpaired) electrons. The lowest BCUT2D eigenvalue weighted by molar-refractivity contribution is -0.114. The van der Waals surface area contributed by atoms with Crippen molar-refractivity contribution in [1.82, 2.24) is 4.98 Å². The third-order valence-electron chi connectivity index (χ3n) is 3.71. The number of methoxy groups -OCH3 is 2. The quantitative estimate of drug-likeness (QED) is 0.677. The van der Waals surface area contributed by atoms with E-state index in [9.17, 15) is 4.79 Å². The highest BCUT2D eigenvalue weighted by Crippen LogP contribution is 2.32. The number of hydrogen-bond donors (Lipinski definition) is 2. The molecule has 7 heteroatoms. The summed E-state index contributed by atoms with van der Waals surface area (Å²) in [5.41, 5.74) is 2.19. The SMILES string of the molecule is COc1cccc(NCC(=O)Nc2ccc(-c3cnco3)c(OC)c2)c1. The summed E-state index contributed by atoms with van der Waals surface area (Å²) in [5, 5.41) is 5.88. The average molecular weight is 353 g/mol. The summed E-state index contributed by atoms with van der Waals surface area (Å²) in [7, 11) is 3.16. The fourth-order valence-electron chi connectivity index (χ4n) is 2.44. The van der Waals surface area contributed by atoms with Crippen molar-refractivity contribution in [2.45, 2.75) is 0 Å². The van der Waals surface area contributed by atoms with Gasteiger partial charge in [0, 0.05) is 23.5 Å². The molecule has 0 bridgehead atoms. The van der Waals surface area contributed by atoms with Crippen LogP contribution in [0.1, 0.15) is 0 Å². The molecule has 3 aromatic rings. The molecule has 0 aliphatic carbocycles. The largest absolute Gasteiger partial charge is 0.497 e. The topological polar surface area (TPSA) is 85.6 Å². The summed E-state index contributed by atoms with van der Waals surface area (Å²) < 4.78 is 15.8. The molecule has 1 aromatic heterocycles. The van der Waals surface area contributed by atoms with Gasteiger partial charge in [-0.25, -0.2) is 4.98 Å². The van der Waals surface area contributed by atoms with Crippen molar-refractivity contribution in [3.05, 3.63) is 55.1 Å². The Morgan fingerprint density at radius 3 is 2.73 bits per heavy atom. The van der Waals surface area contributed by atoms with Gasteiger partial charge in [0.1, 0.15) is 11.5 Å². The number of oxazole rings is 1. The van der Waals surface area contributed by atoms with Crippen LogP contribution in [0.5, 0.6) is 11.5 Å². The van der Waals surface area contributed by atoms with Crippen LogP contribution in [0.4, 0.5) is 11.4 Å². The summed E-state index contributed by atoms with van der Waals surface area (Å²) in [6, 6.07) is 12.7. The Labute approximate surface area is 151 Å². The Morgan fingerprint density at radius 1 is 1.12 bits per heavy atom. The van der Waals surface area contributed by atoms with Crippen molar-refractivity contribution in [3.8, 4) is 22.8 Å². The lowest BCUT2D eigenvalue weighted by Gasteiger charge is -2.11. The smallest absolute Gasteiger partial charge is 0.243 e. The molecular formula is C19H19N3O4. The first-order valence-electron chi connectivity index (χ1n) is 7.94. The van der Waals surface area contributed by atoms with E-state index in [1.807, 2.05) is 30.3 Å². The first kappa shape index (κ1) is 17.3. The van der Waals surface area contributed by atoms with Crippen molar-refractivity contribution in [2.75, 3.05) is 31.4 Å². The van der Waals surface area contributed by atoms with Gasteiger partial charge in [-0.2, -0.15) is 0 Å². The molecule has 0 aliphatic heterocycles. The van der Waals surface area contributed by atoms with E-state index in [-0.39, 0.29) is 12.5 Å². The van der Waals surface area contributed by atoms with Gasteiger partial charge >= 0.3 is 0 Å². The first-order valence-corrected chi connectivity index (χ1v) is 7.94. The number of amides is 1. The number of ether oxygens (including phenoxy) is 2. The maximum atomic E-state index is 12.2. The number of hydrogen-bond acceptors (Lipinski definition) is 6. The molecule has 2 N–H and O–H groups in total. The standard InChI is InChI=1S/C19H19N3O4/c1-24-15-5-3-4-13(8-15)21-11-19(23)22-14-6-7-16(17(9-14)25-2)18-10-20-12-26-18/h3-10,12,21H,11H2,1-2H3,(H,22,23). The highest BCUT2D eigenvalue weighted by atomic mass is 16.5. The number of benzene rings is 2. The predicted molar refractivity (Wildman–Crippen MR) is 98.6 cm³/mol. The number of aromatic nitrogens is 1. The summed E-state index contributed by atoms with van der Waals surface area (Å²) in [4.78, 5) is 16.1. The second-order valence-electron chi connectivity index (χ2n) is 5.41. The van der Waals surface area contributed by atoms with E-state index in [0.717, 1.165) is 17.0 Å². The number of nitrogens with one attached hydrogen (secondary N) is 2. The van der Waals surface area contributed by atoms with Crippen LogP contribution in [-0.2, 0) is 4.79 Å². The molecule has 0 saturated heterocycles. The van der Waals surface area contributed by atoms with E-state index in [1.165, 1.54) is 6.39 Å². The highest BCUT2D eigenvalue weighted by molar-refractivity contribution is 5.94. The number of carbonyl (C=O) groups excluding carboxylic acids is 1. The van der Waals surface area contributed by atoms with Crippen LogP contribution in [0.25, 0.3) is 11.3 Å². The average Bonchev–Trinajstić information content (AvgIpc) is 3.21. The van der Waals surface area contributed by atoms with Crippen LogP contribution in [0.3, 0.4) is 0 Å². The summed E-state index contributed by atoms with van der Waals surface area (Å²) >= 11 is 0. The van der Waals surface area contributed by atoms with Crippen molar-refractivity contribution in [2.24, 2.45) is 0 Å². The lowest BCUT2D eigenvalue weighted by Crippen LogP contribution is -2.21. The van der Waals surface area contributed by atoms with Crippen molar-refractivity contribution < 1.29 is 18.7 Å². The summed E-state index contributed by atoms with van der Waals surface area (Å²) in [6.07, 6.45) is 2.96. The second-order valence-corrected chi connectivity index (χ2v) is 5.41. The molecular weight excluding hydrogens is 334 g/mol. The second kappa shape index (κ2) is 8.06. The van der Waals surface area contributed by atoms with E-state index in [0.29, 0.717) is 17.2 Å². The molecule has 0 fully saturated rings. The van der Waals surface area contributed by atoms with Crippen LogP contribution in [0, 0.1) is 0 Å². The zero-order valence-electron chi connectivity index (χ0n) is 14.5. The van der Waals surface area contributed by atoms with Crippen LogP contribution in [-0.4, -0.2) is 31.7 Å². The molecule has 0 spiro atoms. The van der Waals surface area contributed by atoms with Gasteiger partial charge < -0.3 is 24.5 Å². The van der Waals surface area contributed by atoms with Gasteiger partial charge in [0.05, 0.1) is 32.5 Å². The number of carbonyl (C=O) groups is 1. The number of rotatable bonds is 7. The van der Waals surface area contributed by atoms with E-state index in [1.54, 1.807) is 32.5 Å². The number of nitrogens with zero attached hydrogens (tertiary/aromatic N) is 1. The Bertz CT molecular complexity index is 878. The van der Waals surface area contributed by atoms with Gasteiger partial charge in [-0.15, -0.1) is 0 Å². The van der Waals surface area contributed by atoms with E-state index < -0.39 is 0 Å². The van der Waals surface area contributed by atoms with Gasteiger partial charge in [-0.3, -0.25) is 4.79 Å². The van der Waals surface area contributed by atoms with Crippen molar-refractivity contribution >= 4 is 17.3 Å². The maximum absolute atomic E-state index is 12.2. The highest BCUT2D eigenvalue weighted by Gasteiger charge is 2.11. The Balaban J connectivity index is 1.63. The third-order valence-corrected chi connectivity index (χ3v) is 3.71. The molecule has 7 nitrogen and oxygen atoms in total. The van der Waals surface area contributed by atoms with Gasteiger partial charge in [-0.1, -0.05) is 6.07 Å². The Kier molecular flexibility index (Phi) is 5.38. The van der Waals surface area contributed by atoms with Gasteiger partial charge in [-0.05, 0) is 24.3 Å².